The number of aliphatic hydroxyl groups is 1. The minimum absolute atomic E-state index is 0.00687. The van der Waals surface area contributed by atoms with Crippen LogP contribution in [0.25, 0.3) is 0 Å². The third kappa shape index (κ3) is 4.81. The van der Waals surface area contributed by atoms with E-state index in [1.54, 1.807) is 18.2 Å². The van der Waals surface area contributed by atoms with Crippen LogP contribution in [0.2, 0.25) is 0 Å². The summed E-state index contributed by atoms with van der Waals surface area (Å²) in [5.74, 6) is -0.0145. The lowest BCUT2D eigenvalue weighted by molar-refractivity contribution is -0.125. The van der Waals surface area contributed by atoms with E-state index in [4.69, 9.17) is 0 Å². The van der Waals surface area contributed by atoms with E-state index < -0.39 is 0 Å². The third-order valence-corrected chi connectivity index (χ3v) is 2.59. The van der Waals surface area contributed by atoms with Crippen molar-refractivity contribution in [1.29, 1.82) is 0 Å². The summed E-state index contributed by atoms with van der Waals surface area (Å²) in [7, 11) is 0. The predicted octanol–water partition coefficient (Wildman–Crippen LogP) is 3.03. The van der Waals surface area contributed by atoms with Crippen LogP contribution in [-0.2, 0) is 9.59 Å². The van der Waals surface area contributed by atoms with Gasteiger partial charge in [0.25, 0.3) is 0 Å². The molecule has 0 saturated heterocycles. The first-order valence-electron chi connectivity index (χ1n) is 5.95. The quantitative estimate of drug-likeness (QED) is 0.719. The van der Waals surface area contributed by atoms with E-state index >= 15 is 0 Å². The van der Waals surface area contributed by atoms with Crippen LogP contribution in [0.1, 0.15) is 39.0 Å². The number of ketones is 2. The normalized spacial score (nSPS) is 14.9. The van der Waals surface area contributed by atoms with E-state index in [2.05, 4.69) is 0 Å². The molecule has 0 heterocycles. The third-order valence-electron chi connectivity index (χ3n) is 2.59. The highest BCUT2D eigenvalue weighted by Crippen LogP contribution is 2.12. The summed E-state index contributed by atoms with van der Waals surface area (Å²) in [6.45, 7) is 2.01. The van der Waals surface area contributed by atoms with E-state index in [1.807, 2.05) is 6.92 Å². The predicted molar refractivity (Wildman–Crippen MR) is 66.7 cm³/mol. The minimum Gasteiger partial charge on any atom is -0.508 e. The van der Waals surface area contributed by atoms with Crippen LogP contribution in [0.5, 0.6) is 0 Å². The van der Waals surface area contributed by atoms with Crippen LogP contribution in [0.3, 0.4) is 0 Å². The monoisotopic (exact) mass is 234 g/mol. The molecule has 0 aromatic heterocycles. The van der Waals surface area contributed by atoms with Gasteiger partial charge in [-0.1, -0.05) is 19.4 Å². The molecule has 0 bridgehead atoms. The van der Waals surface area contributed by atoms with Gasteiger partial charge in [-0.15, -0.1) is 0 Å². The lowest BCUT2D eigenvalue weighted by Crippen LogP contribution is -2.09. The fourth-order valence-corrected chi connectivity index (χ4v) is 1.57. The molecule has 0 saturated carbocycles. The molecule has 0 radical (unpaired) electrons. The molecule has 1 aliphatic rings. The van der Waals surface area contributed by atoms with E-state index in [0.29, 0.717) is 18.4 Å². The summed E-state index contributed by atoms with van der Waals surface area (Å²) in [5.41, 5.74) is 0.509. The Labute approximate surface area is 102 Å². The fourth-order valence-electron chi connectivity index (χ4n) is 1.57. The van der Waals surface area contributed by atoms with Gasteiger partial charge in [-0.05, 0) is 31.1 Å². The molecule has 0 atom stereocenters. The maximum absolute atomic E-state index is 11.8. The van der Waals surface area contributed by atoms with Gasteiger partial charge < -0.3 is 5.11 Å². The molecular formula is C14H18O3. The van der Waals surface area contributed by atoms with Crippen molar-refractivity contribution in [2.75, 3.05) is 0 Å². The summed E-state index contributed by atoms with van der Waals surface area (Å²) < 4.78 is 0. The zero-order valence-electron chi connectivity index (χ0n) is 10.1. The molecule has 17 heavy (non-hydrogen) atoms. The lowest BCUT2D eigenvalue weighted by atomic mass is 10.0. The topological polar surface area (TPSA) is 54.4 Å². The number of hydrogen-bond donors (Lipinski definition) is 1. The fraction of sp³-hybridized carbons (Fsp3) is 0.429. The average Bonchev–Trinajstić information content (AvgIpc) is 2.51. The summed E-state index contributed by atoms with van der Waals surface area (Å²) in [6.07, 6.45) is 9.15. The van der Waals surface area contributed by atoms with Gasteiger partial charge >= 0.3 is 0 Å². The van der Waals surface area contributed by atoms with E-state index in [-0.39, 0.29) is 23.7 Å². The molecule has 92 valence electrons. The Balaban J connectivity index is 2.51. The molecule has 1 N–H and O–H groups in total. The lowest BCUT2D eigenvalue weighted by Gasteiger charge is -2.00. The van der Waals surface area contributed by atoms with Crippen LogP contribution in [0.15, 0.2) is 35.6 Å². The van der Waals surface area contributed by atoms with Crippen LogP contribution in [-0.4, -0.2) is 16.7 Å². The summed E-state index contributed by atoms with van der Waals surface area (Å²) in [6, 6.07) is 0. The van der Waals surface area contributed by atoms with Crippen molar-refractivity contribution in [1.82, 2.24) is 0 Å². The largest absolute Gasteiger partial charge is 0.508 e. The Morgan fingerprint density at radius 3 is 2.76 bits per heavy atom. The van der Waals surface area contributed by atoms with Gasteiger partial charge in [0.1, 0.15) is 11.5 Å². The zero-order valence-corrected chi connectivity index (χ0v) is 10.1. The smallest absolute Gasteiger partial charge is 0.169 e. The molecular weight excluding hydrogens is 216 g/mol. The van der Waals surface area contributed by atoms with E-state index in [0.717, 1.165) is 12.8 Å². The number of carbonyl (C=O) groups excluding carboxylic acids is 2. The molecule has 3 heteroatoms. The second kappa shape index (κ2) is 6.84. The Bertz CT molecular complexity index is 386. The highest BCUT2D eigenvalue weighted by molar-refractivity contribution is 6.09. The van der Waals surface area contributed by atoms with Crippen molar-refractivity contribution in [3.05, 3.63) is 35.6 Å². The van der Waals surface area contributed by atoms with E-state index in [1.165, 1.54) is 6.08 Å². The first-order chi connectivity index (χ1) is 8.13. The van der Waals surface area contributed by atoms with Gasteiger partial charge in [-0.3, -0.25) is 9.59 Å². The Kier molecular flexibility index (Phi) is 5.40. The van der Waals surface area contributed by atoms with Gasteiger partial charge in [-0.25, -0.2) is 0 Å². The molecule has 0 aliphatic heterocycles. The van der Waals surface area contributed by atoms with Crippen molar-refractivity contribution in [2.45, 2.75) is 39.0 Å². The molecule has 3 nitrogen and oxygen atoms in total. The average molecular weight is 234 g/mol. The molecule has 0 amide bonds. The van der Waals surface area contributed by atoms with Gasteiger partial charge in [0.2, 0.25) is 0 Å². The van der Waals surface area contributed by atoms with Crippen molar-refractivity contribution < 1.29 is 14.7 Å². The molecule has 1 rings (SSSR count). The highest BCUT2D eigenvalue weighted by Gasteiger charge is 2.12. The molecule has 0 fully saturated rings. The molecule has 0 unspecified atom stereocenters. The van der Waals surface area contributed by atoms with Crippen LogP contribution >= 0.6 is 0 Å². The maximum atomic E-state index is 11.8. The first-order valence-corrected chi connectivity index (χ1v) is 5.95. The molecule has 1 aliphatic carbocycles. The van der Waals surface area contributed by atoms with Crippen LogP contribution in [0.4, 0.5) is 0 Å². The Morgan fingerprint density at radius 1 is 1.29 bits per heavy atom. The summed E-state index contributed by atoms with van der Waals surface area (Å²) in [5, 5.41) is 9.25. The molecule has 0 aromatic carbocycles. The second-order valence-electron chi connectivity index (χ2n) is 4.10. The van der Waals surface area contributed by atoms with Gasteiger partial charge in [0.15, 0.2) is 5.78 Å². The van der Waals surface area contributed by atoms with Gasteiger partial charge in [0, 0.05) is 12.0 Å². The SMILES string of the molecule is CCCCC(=O)CC(=O)C1=CCC=C(O)C=C1. The second-order valence-corrected chi connectivity index (χ2v) is 4.10. The van der Waals surface area contributed by atoms with Crippen LogP contribution < -0.4 is 0 Å². The zero-order chi connectivity index (χ0) is 12.7. The summed E-state index contributed by atoms with van der Waals surface area (Å²) in [4.78, 5) is 23.3. The van der Waals surface area contributed by atoms with Crippen molar-refractivity contribution >= 4 is 11.6 Å². The van der Waals surface area contributed by atoms with Crippen LogP contribution in [0, 0.1) is 0 Å². The maximum Gasteiger partial charge on any atom is 0.169 e. The number of aliphatic hydroxyl groups excluding tert-OH is 1. The number of allylic oxidation sites excluding steroid dienone is 5. The number of carbonyl (C=O) groups is 2. The minimum atomic E-state index is -0.162. The number of hydrogen-bond acceptors (Lipinski definition) is 3. The Morgan fingerprint density at radius 2 is 2.06 bits per heavy atom. The van der Waals surface area contributed by atoms with Crippen molar-refractivity contribution in [3.8, 4) is 0 Å². The molecule has 0 aromatic rings. The van der Waals surface area contributed by atoms with Gasteiger partial charge in [0.05, 0.1) is 6.42 Å². The Hall–Kier alpha value is -1.64. The number of rotatable bonds is 6. The summed E-state index contributed by atoms with van der Waals surface area (Å²) >= 11 is 0. The standard InChI is InChI=1S/C14H18O3/c1-2-3-6-13(16)10-14(17)11-5-4-7-12(15)9-8-11/h5,7-9,15H,2-4,6,10H2,1H3. The van der Waals surface area contributed by atoms with Crippen molar-refractivity contribution in [3.63, 3.8) is 0 Å². The van der Waals surface area contributed by atoms with Crippen molar-refractivity contribution in [2.24, 2.45) is 0 Å². The number of unbranched alkanes of at least 4 members (excludes halogenated alkanes) is 1. The molecule has 0 spiro atoms. The van der Waals surface area contributed by atoms with Gasteiger partial charge in [-0.2, -0.15) is 0 Å². The number of Topliss-reactive ketones (excluding diaryl/α,β-unsaturated/α-hetero) is 2. The van der Waals surface area contributed by atoms with E-state index in [9.17, 15) is 14.7 Å². The highest BCUT2D eigenvalue weighted by atomic mass is 16.3. The first kappa shape index (κ1) is 13.4.